The van der Waals surface area contributed by atoms with E-state index in [9.17, 15) is 9.59 Å². The monoisotopic (exact) mass is 377 g/mol. The van der Waals surface area contributed by atoms with Gasteiger partial charge in [-0.15, -0.1) is 0 Å². The average molecular weight is 377 g/mol. The van der Waals surface area contributed by atoms with E-state index in [1.807, 2.05) is 49.5 Å². The van der Waals surface area contributed by atoms with Crippen molar-refractivity contribution in [2.24, 2.45) is 0 Å². The van der Waals surface area contributed by atoms with Crippen LogP contribution in [-0.2, 0) is 6.54 Å². The number of carbonyl (C=O) groups is 2. The fourth-order valence-electron chi connectivity index (χ4n) is 2.88. The molecule has 0 radical (unpaired) electrons. The van der Waals surface area contributed by atoms with Crippen LogP contribution in [0.2, 0.25) is 0 Å². The summed E-state index contributed by atoms with van der Waals surface area (Å²) in [5.41, 5.74) is 2.37. The Morgan fingerprint density at radius 1 is 1.11 bits per heavy atom. The highest BCUT2D eigenvalue weighted by Crippen LogP contribution is 2.23. The summed E-state index contributed by atoms with van der Waals surface area (Å²) >= 11 is 0. The first kappa shape index (κ1) is 19.3. The van der Waals surface area contributed by atoms with Crippen molar-refractivity contribution in [2.75, 3.05) is 13.6 Å². The van der Waals surface area contributed by atoms with Crippen molar-refractivity contribution in [3.05, 3.63) is 83.4 Å². The van der Waals surface area contributed by atoms with Gasteiger partial charge in [-0.3, -0.25) is 14.3 Å². The molecule has 0 spiro atoms. The van der Waals surface area contributed by atoms with E-state index in [2.05, 4.69) is 20.7 Å². The Hall–Kier alpha value is -3.48. The largest absolute Gasteiger partial charge is 0.354 e. The number of rotatable bonds is 7. The molecule has 0 saturated carbocycles. The molecule has 1 aromatic carbocycles. The fraction of sp³-hybridized carbons (Fsp3) is 0.238. The molecule has 7 nitrogen and oxygen atoms in total. The van der Waals surface area contributed by atoms with Crippen LogP contribution in [0.15, 0.2) is 60.9 Å². The molecule has 28 heavy (non-hydrogen) atoms. The lowest BCUT2D eigenvalue weighted by Crippen LogP contribution is -2.28. The van der Waals surface area contributed by atoms with Crippen LogP contribution in [-0.4, -0.2) is 40.2 Å². The maximum Gasteiger partial charge on any atom is 0.269 e. The molecule has 0 unspecified atom stereocenters. The van der Waals surface area contributed by atoms with Crippen molar-refractivity contribution in [1.82, 2.24) is 25.4 Å². The maximum atomic E-state index is 12.6. The van der Waals surface area contributed by atoms with Crippen LogP contribution in [0.1, 0.15) is 44.9 Å². The predicted octanol–water partition coefficient (Wildman–Crippen LogP) is 2.22. The number of hydrogen-bond donors (Lipinski definition) is 2. The second-order valence-electron chi connectivity index (χ2n) is 6.40. The Balaban J connectivity index is 1.82. The number of nitrogens with one attached hydrogen (secondary N) is 2. The van der Waals surface area contributed by atoms with Crippen molar-refractivity contribution in [3.8, 4) is 0 Å². The highest BCUT2D eigenvalue weighted by molar-refractivity contribution is 5.98. The summed E-state index contributed by atoms with van der Waals surface area (Å²) in [6.07, 6.45) is 3.53. The quantitative estimate of drug-likeness (QED) is 0.661. The minimum Gasteiger partial charge on any atom is -0.354 e. The molecule has 0 saturated heterocycles. The minimum atomic E-state index is -0.326. The molecule has 7 heteroatoms. The maximum absolute atomic E-state index is 12.6. The molecular formula is C21H23N5O2. The summed E-state index contributed by atoms with van der Waals surface area (Å²) in [6, 6.07) is 15.0. The van der Waals surface area contributed by atoms with Gasteiger partial charge in [-0.05, 0) is 23.8 Å². The molecule has 1 atom stereocenters. The van der Waals surface area contributed by atoms with Crippen LogP contribution in [0.4, 0.5) is 0 Å². The van der Waals surface area contributed by atoms with Gasteiger partial charge >= 0.3 is 0 Å². The summed E-state index contributed by atoms with van der Waals surface area (Å²) in [6.45, 7) is 3.01. The third-order valence-electron chi connectivity index (χ3n) is 4.50. The highest BCUT2D eigenvalue weighted by atomic mass is 16.2. The second-order valence-corrected chi connectivity index (χ2v) is 6.40. The number of amides is 2. The number of aromatic nitrogens is 3. The standard InChI is InChI=1S/C21H23N5O2/c1-15(16-7-4-3-5-8-16)18-13-17(14-19(25-18)21(28)22-2)20(27)23-10-12-26-11-6-9-24-26/h3-9,11,13-15H,10,12H2,1-2H3,(H,22,28)(H,23,27)/t15-/m0/s1. The third kappa shape index (κ3) is 4.62. The van der Waals surface area contributed by atoms with Gasteiger partial charge < -0.3 is 10.6 Å². The molecule has 3 aromatic rings. The van der Waals surface area contributed by atoms with Crippen molar-refractivity contribution in [2.45, 2.75) is 19.4 Å². The zero-order chi connectivity index (χ0) is 19.9. The van der Waals surface area contributed by atoms with Crippen LogP contribution in [0.5, 0.6) is 0 Å². The lowest BCUT2D eigenvalue weighted by molar-refractivity contribution is 0.0951. The lowest BCUT2D eigenvalue weighted by atomic mass is 9.96. The van der Waals surface area contributed by atoms with Crippen molar-refractivity contribution in [3.63, 3.8) is 0 Å². The first-order valence-electron chi connectivity index (χ1n) is 9.13. The van der Waals surface area contributed by atoms with Gasteiger partial charge in [0.15, 0.2) is 0 Å². The van der Waals surface area contributed by atoms with E-state index in [1.54, 1.807) is 24.0 Å². The van der Waals surface area contributed by atoms with Crippen LogP contribution in [0.3, 0.4) is 0 Å². The Kier molecular flexibility index (Phi) is 6.16. The van der Waals surface area contributed by atoms with E-state index < -0.39 is 0 Å². The molecule has 0 aliphatic rings. The molecule has 2 N–H and O–H groups in total. The van der Waals surface area contributed by atoms with Gasteiger partial charge in [0.1, 0.15) is 5.69 Å². The second kappa shape index (κ2) is 8.94. The molecule has 3 rings (SSSR count). The van der Waals surface area contributed by atoms with E-state index in [1.165, 1.54) is 6.07 Å². The third-order valence-corrected chi connectivity index (χ3v) is 4.50. The summed E-state index contributed by atoms with van der Waals surface area (Å²) in [5.74, 6) is -0.629. The van der Waals surface area contributed by atoms with Gasteiger partial charge in [-0.2, -0.15) is 5.10 Å². The van der Waals surface area contributed by atoms with Crippen LogP contribution >= 0.6 is 0 Å². The molecule has 0 fully saturated rings. The van der Waals surface area contributed by atoms with Crippen LogP contribution < -0.4 is 10.6 Å². The van der Waals surface area contributed by atoms with Gasteiger partial charge in [0.25, 0.3) is 11.8 Å². The van der Waals surface area contributed by atoms with E-state index >= 15 is 0 Å². The van der Waals surface area contributed by atoms with Crippen molar-refractivity contribution < 1.29 is 9.59 Å². The average Bonchev–Trinajstić information content (AvgIpc) is 3.26. The first-order chi connectivity index (χ1) is 13.6. The van der Waals surface area contributed by atoms with Crippen LogP contribution in [0, 0.1) is 0 Å². The predicted molar refractivity (Wildman–Crippen MR) is 106 cm³/mol. The van der Waals surface area contributed by atoms with E-state index in [4.69, 9.17) is 0 Å². The highest BCUT2D eigenvalue weighted by Gasteiger charge is 2.17. The number of pyridine rings is 1. The number of hydrogen-bond acceptors (Lipinski definition) is 4. The molecule has 2 aromatic heterocycles. The van der Waals surface area contributed by atoms with E-state index in [0.717, 1.165) is 5.56 Å². The molecule has 0 aliphatic carbocycles. The smallest absolute Gasteiger partial charge is 0.269 e. The zero-order valence-electron chi connectivity index (χ0n) is 15.9. The molecule has 0 bridgehead atoms. The van der Waals surface area contributed by atoms with Gasteiger partial charge in [-0.25, -0.2) is 4.98 Å². The summed E-state index contributed by atoms with van der Waals surface area (Å²) in [5, 5.41) is 9.55. The molecule has 0 aliphatic heterocycles. The van der Waals surface area contributed by atoms with Crippen molar-refractivity contribution >= 4 is 11.8 Å². The van der Waals surface area contributed by atoms with E-state index in [0.29, 0.717) is 24.3 Å². The zero-order valence-corrected chi connectivity index (χ0v) is 15.9. The normalized spacial score (nSPS) is 11.6. The molecular weight excluding hydrogens is 354 g/mol. The Morgan fingerprint density at radius 3 is 2.57 bits per heavy atom. The Bertz CT molecular complexity index is 939. The number of nitrogens with zero attached hydrogens (tertiary/aromatic N) is 3. The molecule has 2 heterocycles. The lowest BCUT2D eigenvalue weighted by Gasteiger charge is -2.15. The van der Waals surface area contributed by atoms with Crippen LogP contribution in [0.25, 0.3) is 0 Å². The number of carbonyl (C=O) groups excluding carboxylic acids is 2. The SMILES string of the molecule is CNC(=O)c1cc(C(=O)NCCn2cccn2)cc([C@@H](C)c2ccccc2)n1. The first-order valence-corrected chi connectivity index (χ1v) is 9.13. The van der Waals surface area contributed by atoms with Crippen molar-refractivity contribution in [1.29, 1.82) is 0 Å². The summed E-state index contributed by atoms with van der Waals surface area (Å²) in [4.78, 5) is 29.3. The molecule has 144 valence electrons. The van der Waals surface area contributed by atoms with Gasteiger partial charge in [0, 0.05) is 43.2 Å². The Morgan fingerprint density at radius 2 is 1.89 bits per heavy atom. The Labute approximate surface area is 163 Å². The number of benzene rings is 1. The fourth-order valence-corrected chi connectivity index (χ4v) is 2.88. The minimum absolute atomic E-state index is 0.0542. The van der Waals surface area contributed by atoms with Gasteiger partial charge in [0.2, 0.25) is 0 Å². The van der Waals surface area contributed by atoms with E-state index in [-0.39, 0.29) is 23.4 Å². The van der Waals surface area contributed by atoms with Gasteiger partial charge in [-0.1, -0.05) is 37.3 Å². The summed E-state index contributed by atoms with van der Waals surface area (Å²) < 4.78 is 1.74. The van der Waals surface area contributed by atoms with Gasteiger partial charge in [0.05, 0.1) is 6.54 Å². The summed E-state index contributed by atoms with van der Waals surface area (Å²) in [7, 11) is 1.54. The topological polar surface area (TPSA) is 88.9 Å². The molecule has 2 amide bonds.